The Balaban J connectivity index is 1.54. The summed E-state index contributed by atoms with van der Waals surface area (Å²) in [5.41, 5.74) is 4.60. The molecule has 31 heavy (non-hydrogen) atoms. The molecule has 9 heteroatoms. The third kappa shape index (κ3) is 3.50. The maximum absolute atomic E-state index is 12.3. The highest BCUT2D eigenvalue weighted by atomic mass is 16.2. The van der Waals surface area contributed by atoms with Crippen LogP contribution in [0.5, 0.6) is 0 Å². The van der Waals surface area contributed by atoms with Crippen molar-refractivity contribution in [3.63, 3.8) is 0 Å². The van der Waals surface area contributed by atoms with Gasteiger partial charge in [0.2, 0.25) is 5.91 Å². The van der Waals surface area contributed by atoms with Crippen LogP contribution < -0.4 is 5.32 Å². The van der Waals surface area contributed by atoms with Crippen LogP contribution in [0.3, 0.4) is 0 Å². The van der Waals surface area contributed by atoms with E-state index in [1.165, 1.54) is 0 Å². The van der Waals surface area contributed by atoms with Gasteiger partial charge < -0.3 is 10.3 Å². The normalized spacial score (nSPS) is 11.8. The molecule has 5 aromatic heterocycles. The first-order valence-electron chi connectivity index (χ1n) is 9.80. The van der Waals surface area contributed by atoms with Crippen LogP contribution in [0.1, 0.15) is 20.8 Å². The number of rotatable bonds is 3. The summed E-state index contributed by atoms with van der Waals surface area (Å²) in [5, 5.41) is 11.1. The number of imidazole rings is 1. The molecule has 0 radical (unpaired) electrons. The van der Waals surface area contributed by atoms with Crippen molar-refractivity contribution < 1.29 is 4.79 Å². The fourth-order valence-corrected chi connectivity index (χ4v) is 3.18. The number of aromatic nitrogens is 7. The van der Waals surface area contributed by atoms with Crippen LogP contribution >= 0.6 is 0 Å². The molecule has 0 aliphatic rings. The van der Waals surface area contributed by atoms with Gasteiger partial charge >= 0.3 is 0 Å². The fourth-order valence-electron chi connectivity index (χ4n) is 3.18. The van der Waals surface area contributed by atoms with E-state index in [1.807, 2.05) is 45.0 Å². The molecule has 0 spiro atoms. The summed E-state index contributed by atoms with van der Waals surface area (Å²) in [6.07, 6.45) is 6.83. The van der Waals surface area contributed by atoms with Gasteiger partial charge in [-0.2, -0.15) is 5.10 Å². The number of nitrogens with zero attached hydrogens (tertiary/aromatic N) is 5. The van der Waals surface area contributed by atoms with Crippen molar-refractivity contribution in [1.29, 1.82) is 0 Å². The van der Waals surface area contributed by atoms with Crippen LogP contribution in [0, 0.1) is 5.41 Å². The fraction of sp³-hybridized carbons (Fsp3) is 0.182. The van der Waals surface area contributed by atoms with Crippen molar-refractivity contribution >= 4 is 33.8 Å². The average Bonchev–Trinajstić information content (AvgIpc) is 3.36. The number of amides is 1. The lowest BCUT2D eigenvalue weighted by molar-refractivity contribution is -0.123. The molecule has 5 heterocycles. The molecule has 9 nitrogen and oxygen atoms in total. The third-order valence-corrected chi connectivity index (χ3v) is 4.91. The number of carbonyl (C=O) groups excluding carboxylic acids is 1. The molecule has 5 rings (SSSR count). The summed E-state index contributed by atoms with van der Waals surface area (Å²) in [6, 6.07) is 7.59. The molecule has 5 aromatic rings. The minimum Gasteiger partial charge on any atom is -0.324 e. The molecule has 0 unspecified atom stereocenters. The van der Waals surface area contributed by atoms with E-state index in [9.17, 15) is 4.79 Å². The van der Waals surface area contributed by atoms with Gasteiger partial charge in [-0.1, -0.05) is 20.8 Å². The van der Waals surface area contributed by atoms with Crippen molar-refractivity contribution in [2.24, 2.45) is 5.41 Å². The van der Waals surface area contributed by atoms with Crippen molar-refractivity contribution in [1.82, 2.24) is 35.1 Å². The maximum Gasteiger partial charge on any atom is 0.229 e. The van der Waals surface area contributed by atoms with Gasteiger partial charge in [-0.3, -0.25) is 14.9 Å². The molecule has 1 amide bonds. The van der Waals surface area contributed by atoms with E-state index in [1.54, 1.807) is 24.8 Å². The van der Waals surface area contributed by atoms with Crippen LogP contribution in [0.15, 0.2) is 49.1 Å². The predicted molar refractivity (Wildman–Crippen MR) is 118 cm³/mol. The topological polar surface area (TPSA) is 125 Å². The lowest BCUT2D eigenvalue weighted by atomic mass is 9.95. The lowest BCUT2D eigenvalue weighted by Crippen LogP contribution is -2.27. The Morgan fingerprint density at radius 2 is 1.87 bits per heavy atom. The summed E-state index contributed by atoms with van der Waals surface area (Å²) in [4.78, 5) is 33.2. The number of H-pyrrole nitrogens is 2. The van der Waals surface area contributed by atoms with Crippen LogP contribution in [0.25, 0.3) is 44.8 Å². The van der Waals surface area contributed by atoms with Gasteiger partial charge in [-0.25, -0.2) is 15.0 Å². The molecule has 3 N–H and O–H groups in total. The van der Waals surface area contributed by atoms with Crippen LogP contribution in [0.4, 0.5) is 5.69 Å². The number of aromatic amines is 2. The first kappa shape index (κ1) is 18.9. The number of hydrogen-bond donors (Lipinski definition) is 3. The number of anilines is 1. The standard InChI is InChI=1S/C22H20N8O/c1-22(2,3)21(31)26-14-7-12(9-23-11-14)13-8-15-17(29-30-18(15)25-10-13)20-27-16-5-4-6-24-19(16)28-20/h4-11H,1-3H3,(H,26,31)(H,24,27,28)(H,25,29,30). The molecular formula is C22H20N8O. The third-order valence-electron chi connectivity index (χ3n) is 4.91. The van der Waals surface area contributed by atoms with E-state index in [0.29, 0.717) is 28.5 Å². The van der Waals surface area contributed by atoms with Gasteiger partial charge in [0.25, 0.3) is 0 Å². The Hall–Kier alpha value is -4.14. The Bertz CT molecular complexity index is 1390. The van der Waals surface area contributed by atoms with Crippen molar-refractivity contribution in [3.8, 4) is 22.6 Å². The van der Waals surface area contributed by atoms with Gasteiger partial charge in [0.05, 0.1) is 17.3 Å². The second kappa shape index (κ2) is 6.98. The van der Waals surface area contributed by atoms with Gasteiger partial charge in [0.15, 0.2) is 17.1 Å². The van der Waals surface area contributed by atoms with E-state index in [4.69, 9.17) is 0 Å². The minimum atomic E-state index is -0.496. The Kier molecular flexibility index (Phi) is 4.25. The molecule has 0 aliphatic heterocycles. The molecule has 0 saturated heterocycles. The average molecular weight is 412 g/mol. The molecule has 154 valence electrons. The maximum atomic E-state index is 12.3. The van der Waals surface area contributed by atoms with Crippen LogP contribution in [-0.4, -0.2) is 41.0 Å². The second-order valence-corrected chi connectivity index (χ2v) is 8.32. The summed E-state index contributed by atoms with van der Waals surface area (Å²) >= 11 is 0. The van der Waals surface area contributed by atoms with E-state index in [-0.39, 0.29) is 5.91 Å². The summed E-state index contributed by atoms with van der Waals surface area (Å²) in [7, 11) is 0. The highest BCUT2D eigenvalue weighted by molar-refractivity contribution is 5.96. The number of hydrogen-bond acceptors (Lipinski definition) is 6. The smallest absolute Gasteiger partial charge is 0.229 e. The summed E-state index contributed by atoms with van der Waals surface area (Å²) in [5.74, 6) is 0.541. The Labute approximate surface area is 177 Å². The van der Waals surface area contributed by atoms with Crippen molar-refractivity contribution in [2.45, 2.75) is 20.8 Å². The largest absolute Gasteiger partial charge is 0.324 e. The van der Waals surface area contributed by atoms with Crippen LogP contribution in [0.2, 0.25) is 0 Å². The number of carbonyl (C=O) groups is 1. The molecule has 0 fully saturated rings. The second-order valence-electron chi connectivity index (χ2n) is 8.32. The van der Waals surface area contributed by atoms with Crippen molar-refractivity contribution in [2.75, 3.05) is 5.32 Å². The van der Waals surface area contributed by atoms with Gasteiger partial charge in [-0.05, 0) is 24.3 Å². The minimum absolute atomic E-state index is 0.0735. The number of fused-ring (bicyclic) bond motifs is 2. The van der Waals surface area contributed by atoms with Gasteiger partial charge in [-0.15, -0.1) is 0 Å². The first-order chi connectivity index (χ1) is 14.9. The molecule has 0 aliphatic carbocycles. The SMILES string of the molecule is CC(C)(C)C(=O)Nc1cncc(-c2cnc3[nH]nc(-c4nc5cccnc5[nH]4)c3c2)c1. The van der Waals surface area contributed by atoms with Crippen LogP contribution in [-0.2, 0) is 4.79 Å². The Morgan fingerprint density at radius 1 is 1.03 bits per heavy atom. The highest BCUT2D eigenvalue weighted by Crippen LogP contribution is 2.29. The summed E-state index contributed by atoms with van der Waals surface area (Å²) in [6.45, 7) is 5.60. The first-order valence-corrected chi connectivity index (χ1v) is 9.80. The molecule has 0 bridgehead atoms. The molecule has 0 aromatic carbocycles. The van der Waals surface area contributed by atoms with E-state index < -0.39 is 5.41 Å². The number of nitrogens with one attached hydrogen (secondary N) is 3. The van der Waals surface area contributed by atoms with E-state index >= 15 is 0 Å². The van der Waals surface area contributed by atoms with E-state index in [0.717, 1.165) is 22.0 Å². The molecule has 0 atom stereocenters. The molecule has 0 saturated carbocycles. The predicted octanol–water partition coefficient (Wildman–Crippen LogP) is 3.94. The highest BCUT2D eigenvalue weighted by Gasteiger charge is 2.21. The monoisotopic (exact) mass is 412 g/mol. The molecular weight excluding hydrogens is 392 g/mol. The Morgan fingerprint density at radius 3 is 2.68 bits per heavy atom. The zero-order valence-corrected chi connectivity index (χ0v) is 17.3. The van der Waals surface area contributed by atoms with Gasteiger partial charge in [0, 0.05) is 35.1 Å². The van der Waals surface area contributed by atoms with Gasteiger partial charge in [0.1, 0.15) is 11.2 Å². The van der Waals surface area contributed by atoms with E-state index in [2.05, 4.69) is 40.4 Å². The zero-order valence-electron chi connectivity index (χ0n) is 17.3. The summed E-state index contributed by atoms with van der Waals surface area (Å²) < 4.78 is 0. The lowest BCUT2D eigenvalue weighted by Gasteiger charge is -2.17. The quantitative estimate of drug-likeness (QED) is 0.412. The number of pyridine rings is 3. The van der Waals surface area contributed by atoms with Crippen molar-refractivity contribution in [3.05, 3.63) is 49.1 Å². The zero-order chi connectivity index (χ0) is 21.6.